The van der Waals surface area contributed by atoms with Gasteiger partial charge in [-0.25, -0.2) is 9.97 Å². The number of hydrogen-bond acceptors (Lipinski definition) is 5. The SMILES string of the molecule is COc1ccc(-c2cc(NCCCN)c3cc(-c4ccccc4)cnc3n2)cc1. The first-order valence-electron chi connectivity index (χ1n) is 9.73. The fourth-order valence-corrected chi connectivity index (χ4v) is 3.28. The maximum absolute atomic E-state index is 5.68. The van der Waals surface area contributed by atoms with E-state index in [-0.39, 0.29) is 0 Å². The van der Waals surface area contributed by atoms with E-state index in [1.54, 1.807) is 7.11 Å². The van der Waals surface area contributed by atoms with E-state index >= 15 is 0 Å². The third kappa shape index (κ3) is 4.20. The van der Waals surface area contributed by atoms with Crippen molar-refractivity contribution in [1.29, 1.82) is 0 Å². The monoisotopic (exact) mass is 384 g/mol. The van der Waals surface area contributed by atoms with Crippen molar-refractivity contribution in [3.63, 3.8) is 0 Å². The minimum atomic E-state index is 0.648. The Balaban J connectivity index is 1.80. The first kappa shape index (κ1) is 18.9. The van der Waals surface area contributed by atoms with Crippen LogP contribution in [0.1, 0.15) is 6.42 Å². The molecule has 0 unspecified atom stereocenters. The molecule has 0 aliphatic heterocycles. The molecule has 0 fully saturated rings. The van der Waals surface area contributed by atoms with Gasteiger partial charge >= 0.3 is 0 Å². The standard InChI is InChI=1S/C24H24N4O/c1-29-20-10-8-18(9-11-20)22-15-23(26-13-5-12-25)21-14-19(16-27-24(21)28-22)17-6-3-2-4-7-17/h2-4,6-11,14-16H,5,12-13,25H2,1H3,(H,26,27,28). The number of aromatic nitrogens is 2. The van der Waals surface area contributed by atoms with Crippen molar-refractivity contribution in [2.24, 2.45) is 5.73 Å². The van der Waals surface area contributed by atoms with Crippen molar-refractivity contribution in [3.05, 3.63) is 72.9 Å². The van der Waals surface area contributed by atoms with E-state index in [0.717, 1.165) is 52.2 Å². The molecule has 4 aromatic rings. The van der Waals surface area contributed by atoms with E-state index in [2.05, 4.69) is 34.6 Å². The molecule has 0 saturated carbocycles. The van der Waals surface area contributed by atoms with Crippen LogP contribution in [0, 0.1) is 0 Å². The minimum Gasteiger partial charge on any atom is -0.497 e. The molecule has 146 valence electrons. The van der Waals surface area contributed by atoms with Crippen LogP contribution < -0.4 is 15.8 Å². The largest absolute Gasteiger partial charge is 0.497 e. The van der Waals surface area contributed by atoms with E-state index in [4.69, 9.17) is 15.5 Å². The van der Waals surface area contributed by atoms with Crippen LogP contribution in [0.25, 0.3) is 33.4 Å². The van der Waals surface area contributed by atoms with Gasteiger partial charge in [0.25, 0.3) is 0 Å². The number of nitrogens with two attached hydrogens (primary N) is 1. The number of pyridine rings is 2. The predicted octanol–water partition coefficient (Wildman–Crippen LogP) is 4.73. The predicted molar refractivity (Wildman–Crippen MR) is 119 cm³/mol. The van der Waals surface area contributed by atoms with Crippen LogP contribution in [0.4, 0.5) is 5.69 Å². The Labute approximate surface area is 170 Å². The molecule has 0 saturated heterocycles. The summed E-state index contributed by atoms with van der Waals surface area (Å²) in [7, 11) is 1.66. The molecule has 0 spiro atoms. The highest BCUT2D eigenvalue weighted by atomic mass is 16.5. The summed E-state index contributed by atoms with van der Waals surface area (Å²) < 4.78 is 5.26. The first-order chi connectivity index (χ1) is 14.3. The fraction of sp³-hybridized carbons (Fsp3) is 0.167. The van der Waals surface area contributed by atoms with Crippen molar-refractivity contribution < 1.29 is 4.74 Å². The Hall–Kier alpha value is -3.44. The van der Waals surface area contributed by atoms with Crippen LogP contribution in [-0.4, -0.2) is 30.2 Å². The molecular formula is C24H24N4O. The van der Waals surface area contributed by atoms with Gasteiger partial charge in [-0.05, 0) is 54.9 Å². The van der Waals surface area contributed by atoms with Crippen molar-refractivity contribution in [3.8, 4) is 28.1 Å². The Bertz CT molecular complexity index is 1100. The summed E-state index contributed by atoms with van der Waals surface area (Å²) in [5.41, 5.74) is 11.5. The number of anilines is 1. The second kappa shape index (κ2) is 8.71. The molecule has 4 rings (SSSR count). The molecule has 0 aliphatic carbocycles. The van der Waals surface area contributed by atoms with Gasteiger partial charge in [-0.1, -0.05) is 30.3 Å². The average molecular weight is 384 g/mol. The normalized spacial score (nSPS) is 10.8. The van der Waals surface area contributed by atoms with E-state index in [9.17, 15) is 0 Å². The molecule has 0 aliphatic rings. The first-order valence-corrected chi connectivity index (χ1v) is 9.73. The molecule has 29 heavy (non-hydrogen) atoms. The molecule has 2 aromatic carbocycles. The smallest absolute Gasteiger partial charge is 0.161 e. The highest BCUT2D eigenvalue weighted by Gasteiger charge is 2.11. The maximum Gasteiger partial charge on any atom is 0.161 e. The summed E-state index contributed by atoms with van der Waals surface area (Å²) in [4.78, 5) is 9.47. The zero-order valence-corrected chi connectivity index (χ0v) is 16.4. The quantitative estimate of drug-likeness (QED) is 0.451. The van der Waals surface area contributed by atoms with Crippen LogP contribution in [0.3, 0.4) is 0 Å². The molecule has 2 heterocycles. The molecule has 0 bridgehead atoms. The lowest BCUT2D eigenvalue weighted by Gasteiger charge is -2.13. The zero-order chi connectivity index (χ0) is 20.1. The van der Waals surface area contributed by atoms with Gasteiger partial charge in [0, 0.05) is 34.9 Å². The highest BCUT2D eigenvalue weighted by Crippen LogP contribution is 2.31. The van der Waals surface area contributed by atoms with Gasteiger partial charge in [0.05, 0.1) is 12.8 Å². The van der Waals surface area contributed by atoms with Crippen molar-refractivity contribution in [2.75, 3.05) is 25.5 Å². The van der Waals surface area contributed by atoms with Gasteiger partial charge in [0.1, 0.15) is 5.75 Å². The van der Waals surface area contributed by atoms with E-state index in [0.29, 0.717) is 12.2 Å². The Morgan fingerprint density at radius 3 is 2.45 bits per heavy atom. The number of rotatable bonds is 7. The van der Waals surface area contributed by atoms with Crippen LogP contribution in [-0.2, 0) is 0 Å². The Morgan fingerprint density at radius 1 is 0.931 bits per heavy atom. The second-order valence-corrected chi connectivity index (χ2v) is 6.81. The summed E-state index contributed by atoms with van der Waals surface area (Å²) >= 11 is 0. The third-order valence-corrected chi connectivity index (χ3v) is 4.85. The third-order valence-electron chi connectivity index (χ3n) is 4.85. The molecule has 2 aromatic heterocycles. The van der Waals surface area contributed by atoms with Gasteiger partial charge in [0.2, 0.25) is 0 Å². The second-order valence-electron chi connectivity index (χ2n) is 6.81. The van der Waals surface area contributed by atoms with Gasteiger partial charge in [0.15, 0.2) is 5.65 Å². The number of fused-ring (bicyclic) bond motifs is 1. The lowest BCUT2D eigenvalue weighted by molar-refractivity contribution is 0.415. The average Bonchev–Trinajstić information content (AvgIpc) is 2.79. The van der Waals surface area contributed by atoms with E-state index < -0.39 is 0 Å². The van der Waals surface area contributed by atoms with Crippen molar-refractivity contribution >= 4 is 16.7 Å². The van der Waals surface area contributed by atoms with Crippen LogP contribution in [0.2, 0.25) is 0 Å². The van der Waals surface area contributed by atoms with Gasteiger partial charge in [-0.15, -0.1) is 0 Å². The number of nitrogens with one attached hydrogen (secondary N) is 1. The van der Waals surface area contributed by atoms with Gasteiger partial charge in [-0.3, -0.25) is 0 Å². The lowest BCUT2D eigenvalue weighted by Crippen LogP contribution is -2.09. The van der Waals surface area contributed by atoms with Crippen molar-refractivity contribution in [1.82, 2.24) is 9.97 Å². The molecule has 0 amide bonds. The topological polar surface area (TPSA) is 73.1 Å². The Kier molecular flexibility index (Phi) is 5.68. The number of methoxy groups -OCH3 is 1. The number of benzene rings is 2. The van der Waals surface area contributed by atoms with Crippen LogP contribution >= 0.6 is 0 Å². The lowest BCUT2D eigenvalue weighted by atomic mass is 10.0. The van der Waals surface area contributed by atoms with Crippen molar-refractivity contribution in [2.45, 2.75) is 6.42 Å². The van der Waals surface area contributed by atoms with Gasteiger partial charge < -0.3 is 15.8 Å². The number of hydrogen-bond donors (Lipinski definition) is 2. The molecule has 3 N–H and O–H groups in total. The maximum atomic E-state index is 5.68. The van der Waals surface area contributed by atoms with Crippen LogP contribution in [0.5, 0.6) is 5.75 Å². The summed E-state index contributed by atoms with van der Waals surface area (Å²) in [6, 6.07) is 22.4. The zero-order valence-electron chi connectivity index (χ0n) is 16.4. The van der Waals surface area contributed by atoms with E-state index in [1.807, 2.05) is 48.7 Å². The minimum absolute atomic E-state index is 0.648. The highest BCUT2D eigenvalue weighted by molar-refractivity contribution is 5.94. The summed E-state index contributed by atoms with van der Waals surface area (Å²) in [6.45, 7) is 1.45. The fourth-order valence-electron chi connectivity index (χ4n) is 3.28. The van der Waals surface area contributed by atoms with Crippen LogP contribution in [0.15, 0.2) is 72.9 Å². The van der Waals surface area contributed by atoms with E-state index in [1.165, 1.54) is 0 Å². The summed E-state index contributed by atoms with van der Waals surface area (Å²) in [6.07, 6.45) is 2.78. The molecule has 0 atom stereocenters. The molecule has 0 radical (unpaired) electrons. The number of ether oxygens (including phenoxy) is 1. The molecule has 5 nitrogen and oxygen atoms in total. The summed E-state index contributed by atoms with van der Waals surface area (Å²) in [5.74, 6) is 0.821. The summed E-state index contributed by atoms with van der Waals surface area (Å²) in [5, 5.41) is 4.52. The number of nitrogens with zero attached hydrogens (tertiary/aromatic N) is 2. The molecule has 5 heteroatoms. The van der Waals surface area contributed by atoms with Gasteiger partial charge in [-0.2, -0.15) is 0 Å². The molecular weight excluding hydrogens is 360 g/mol. The Morgan fingerprint density at radius 2 is 1.72 bits per heavy atom.